The van der Waals surface area contributed by atoms with Gasteiger partial charge in [0.05, 0.1) is 0 Å². The lowest BCUT2D eigenvalue weighted by atomic mass is 9.89. The molecule has 0 aliphatic heterocycles. The molecule has 4 nitrogen and oxygen atoms in total. The molecule has 4 heteroatoms. The normalized spacial score (nSPS) is 11.2. The summed E-state index contributed by atoms with van der Waals surface area (Å²) < 4.78 is 10.7. The fourth-order valence-corrected chi connectivity index (χ4v) is 2.41. The molecular formula is C21H32O4. The molecule has 1 aromatic carbocycles. The van der Waals surface area contributed by atoms with Crippen molar-refractivity contribution in [3.8, 4) is 11.5 Å². The van der Waals surface area contributed by atoms with Crippen molar-refractivity contribution in [3.63, 3.8) is 0 Å². The van der Waals surface area contributed by atoms with Crippen LogP contribution in [0.3, 0.4) is 0 Å². The molecule has 0 spiro atoms. The molecule has 1 rings (SSSR count). The smallest absolute Gasteiger partial charge is 0.311 e. The SMILES string of the molecule is CCCCCC(=O)Oc1ccccc1OC(=O)CCCCC(C)(C)C. The molecule has 0 aliphatic rings. The van der Waals surface area contributed by atoms with Gasteiger partial charge in [-0.05, 0) is 36.8 Å². The number of rotatable bonds is 10. The van der Waals surface area contributed by atoms with E-state index in [0.29, 0.717) is 24.3 Å². The number of hydrogen-bond acceptors (Lipinski definition) is 4. The van der Waals surface area contributed by atoms with Crippen molar-refractivity contribution >= 4 is 11.9 Å². The second-order valence-electron chi connectivity index (χ2n) is 7.62. The molecule has 25 heavy (non-hydrogen) atoms. The fourth-order valence-electron chi connectivity index (χ4n) is 2.41. The minimum absolute atomic E-state index is 0.280. The highest BCUT2D eigenvalue weighted by atomic mass is 16.6. The van der Waals surface area contributed by atoms with E-state index in [1.165, 1.54) is 0 Å². The average molecular weight is 348 g/mol. The van der Waals surface area contributed by atoms with Crippen LogP contribution in [-0.4, -0.2) is 11.9 Å². The van der Waals surface area contributed by atoms with Crippen LogP contribution in [0, 0.1) is 5.41 Å². The summed E-state index contributed by atoms with van der Waals surface area (Å²) in [5, 5.41) is 0. The first-order valence-electron chi connectivity index (χ1n) is 9.32. The highest BCUT2D eigenvalue weighted by Gasteiger charge is 2.14. The zero-order valence-corrected chi connectivity index (χ0v) is 16.1. The molecule has 0 fully saturated rings. The van der Waals surface area contributed by atoms with Crippen LogP contribution in [0.15, 0.2) is 24.3 Å². The Balaban J connectivity index is 2.47. The lowest BCUT2D eigenvalue weighted by Gasteiger charge is -2.17. The van der Waals surface area contributed by atoms with Gasteiger partial charge in [-0.25, -0.2) is 0 Å². The summed E-state index contributed by atoms with van der Waals surface area (Å²) in [5.74, 6) is 0.0460. The third-order valence-corrected chi connectivity index (χ3v) is 3.84. The Labute approximate surface area is 151 Å². The zero-order valence-electron chi connectivity index (χ0n) is 16.1. The van der Waals surface area contributed by atoms with E-state index in [1.807, 2.05) is 0 Å². The highest BCUT2D eigenvalue weighted by Crippen LogP contribution is 2.28. The summed E-state index contributed by atoms with van der Waals surface area (Å²) in [7, 11) is 0. The first kappa shape index (κ1) is 21.2. The van der Waals surface area contributed by atoms with Crippen molar-refractivity contribution in [3.05, 3.63) is 24.3 Å². The van der Waals surface area contributed by atoms with E-state index >= 15 is 0 Å². The maximum Gasteiger partial charge on any atom is 0.311 e. The summed E-state index contributed by atoms with van der Waals surface area (Å²) in [6.07, 6.45) is 6.48. The monoisotopic (exact) mass is 348 g/mol. The van der Waals surface area contributed by atoms with E-state index < -0.39 is 0 Å². The van der Waals surface area contributed by atoms with Gasteiger partial charge in [0.25, 0.3) is 0 Å². The number of esters is 2. The Bertz CT molecular complexity index is 543. The van der Waals surface area contributed by atoms with E-state index in [1.54, 1.807) is 24.3 Å². The minimum atomic E-state index is -0.290. The van der Waals surface area contributed by atoms with Crippen molar-refractivity contribution in [2.45, 2.75) is 79.1 Å². The zero-order chi connectivity index (χ0) is 18.7. The van der Waals surface area contributed by atoms with Gasteiger partial charge in [0.1, 0.15) is 0 Å². The third kappa shape index (κ3) is 9.90. The molecule has 0 aromatic heterocycles. The number of unbranched alkanes of at least 4 members (excludes halogenated alkanes) is 3. The van der Waals surface area contributed by atoms with E-state index in [0.717, 1.165) is 38.5 Å². The summed E-state index contributed by atoms with van der Waals surface area (Å²) in [6.45, 7) is 8.66. The average Bonchev–Trinajstić information content (AvgIpc) is 2.53. The maximum absolute atomic E-state index is 12.0. The van der Waals surface area contributed by atoms with Crippen molar-refractivity contribution in [2.24, 2.45) is 5.41 Å². The Morgan fingerprint density at radius 3 is 1.76 bits per heavy atom. The van der Waals surface area contributed by atoms with Crippen LogP contribution in [0.4, 0.5) is 0 Å². The number of hydrogen-bond donors (Lipinski definition) is 0. The number of ether oxygens (including phenoxy) is 2. The molecule has 0 unspecified atom stereocenters. The highest BCUT2D eigenvalue weighted by molar-refractivity contribution is 5.76. The molecule has 0 aliphatic carbocycles. The molecule has 0 bridgehead atoms. The van der Waals surface area contributed by atoms with E-state index in [-0.39, 0.29) is 17.4 Å². The molecule has 0 saturated heterocycles. The fraction of sp³-hybridized carbons (Fsp3) is 0.619. The Hall–Kier alpha value is -1.84. The first-order valence-corrected chi connectivity index (χ1v) is 9.32. The van der Waals surface area contributed by atoms with Crippen LogP contribution in [0.1, 0.15) is 79.1 Å². The van der Waals surface area contributed by atoms with Crippen molar-refractivity contribution in [2.75, 3.05) is 0 Å². The van der Waals surface area contributed by atoms with E-state index in [4.69, 9.17) is 9.47 Å². The molecule has 1 aromatic rings. The second kappa shape index (κ2) is 10.9. The molecule has 0 amide bonds. The van der Waals surface area contributed by atoms with Crippen molar-refractivity contribution < 1.29 is 19.1 Å². The van der Waals surface area contributed by atoms with Gasteiger partial charge in [-0.1, -0.05) is 59.1 Å². The molecule has 0 radical (unpaired) electrons. The topological polar surface area (TPSA) is 52.6 Å². The maximum atomic E-state index is 12.0. The minimum Gasteiger partial charge on any atom is -0.423 e. The van der Waals surface area contributed by atoms with Crippen LogP contribution in [0.5, 0.6) is 11.5 Å². The standard InChI is InChI=1S/C21H32O4/c1-5-6-7-14-19(22)24-17-12-8-9-13-18(17)25-20(23)15-10-11-16-21(2,3)4/h8-9,12-13H,5-7,10-11,14-16H2,1-4H3. The Morgan fingerprint density at radius 2 is 1.32 bits per heavy atom. The predicted octanol–water partition coefficient (Wildman–Crippen LogP) is 5.68. The number of para-hydroxylation sites is 2. The van der Waals surface area contributed by atoms with Gasteiger partial charge in [-0.15, -0.1) is 0 Å². The lowest BCUT2D eigenvalue weighted by Crippen LogP contribution is -2.12. The van der Waals surface area contributed by atoms with E-state index in [9.17, 15) is 9.59 Å². The lowest BCUT2D eigenvalue weighted by molar-refractivity contribution is -0.137. The van der Waals surface area contributed by atoms with Gasteiger partial charge in [0, 0.05) is 12.8 Å². The Morgan fingerprint density at radius 1 is 0.840 bits per heavy atom. The number of carbonyl (C=O) groups is 2. The van der Waals surface area contributed by atoms with Crippen LogP contribution in [-0.2, 0) is 9.59 Å². The predicted molar refractivity (Wildman–Crippen MR) is 99.8 cm³/mol. The van der Waals surface area contributed by atoms with Gasteiger partial charge in [-0.3, -0.25) is 9.59 Å². The Kier molecular flexibility index (Phi) is 9.25. The van der Waals surface area contributed by atoms with Crippen LogP contribution < -0.4 is 9.47 Å². The summed E-state index contributed by atoms with van der Waals surface area (Å²) in [4.78, 5) is 23.9. The van der Waals surface area contributed by atoms with Crippen molar-refractivity contribution in [1.29, 1.82) is 0 Å². The van der Waals surface area contributed by atoms with E-state index in [2.05, 4.69) is 27.7 Å². The summed E-state index contributed by atoms with van der Waals surface area (Å²) in [5.41, 5.74) is 0.280. The molecule has 0 N–H and O–H groups in total. The van der Waals surface area contributed by atoms with Crippen LogP contribution >= 0.6 is 0 Å². The van der Waals surface area contributed by atoms with Crippen molar-refractivity contribution in [1.82, 2.24) is 0 Å². The van der Waals surface area contributed by atoms with Crippen LogP contribution in [0.25, 0.3) is 0 Å². The summed E-state index contributed by atoms with van der Waals surface area (Å²) >= 11 is 0. The van der Waals surface area contributed by atoms with Gasteiger partial charge in [-0.2, -0.15) is 0 Å². The molecule has 0 atom stereocenters. The largest absolute Gasteiger partial charge is 0.423 e. The van der Waals surface area contributed by atoms with Gasteiger partial charge < -0.3 is 9.47 Å². The molecule has 0 saturated carbocycles. The molecule has 0 heterocycles. The second-order valence-corrected chi connectivity index (χ2v) is 7.62. The number of carbonyl (C=O) groups excluding carboxylic acids is 2. The summed E-state index contributed by atoms with van der Waals surface area (Å²) in [6, 6.07) is 6.83. The third-order valence-electron chi connectivity index (χ3n) is 3.84. The van der Waals surface area contributed by atoms with Crippen LogP contribution in [0.2, 0.25) is 0 Å². The quantitative estimate of drug-likeness (QED) is 0.310. The van der Waals surface area contributed by atoms with Gasteiger partial charge >= 0.3 is 11.9 Å². The molecule has 140 valence electrons. The first-order chi connectivity index (χ1) is 11.8. The molecular weight excluding hydrogens is 316 g/mol. The van der Waals surface area contributed by atoms with Gasteiger partial charge in [0.2, 0.25) is 0 Å². The van der Waals surface area contributed by atoms with Gasteiger partial charge in [0.15, 0.2) is 11.5 Å². The number of benzene rings is 1.